The Bertz CT molecular complexity index is 504. The van der Waals surface area contributed by atoms with Crippen molar-refractivity contribution < 1.29 is 14.3 Å². The van der Waals surface area contributed by atoms with Gasteiger partial charge < -0.3 is 14.8 Å². The van der Waals surface area contributed by atoms with Crippen molar-refractivity contribution in [2.45, 2.75) is 43.9 Å². The molecule has 0 unspecified atom stereocenters. The summed E-state index contributed by atoms with van der Waals surface area (Å²) in [6.45, 7) is 1.39. The van der Waals surface area contributed by atoms with Gasteiger partial charge >= 0.3 is 0 Å². The molecular weight excluding hydrogens is 334 g/mol. The van der Waals surface area contributed by atoms with Crippen molar-refractivity contribution in [1.82, 2.24) is 5.32 Å². The fourth-order valence-electron chi connectivity index (χ4n) is 3.10. The molecule has 1 saturated heterocycles. The Kier molecular flexibility index (Phi) is 4.62. The molecule has 1 amide bonds. The van der Waals surface area contributed by atoms with Gasteiger partial charge in [0.15, 0.2) is 5.79 Å². The third kappa shape index (κ3) is 3.84. The van der Waals surface area contributed by atoms with Crippen LogP contribution in [-0.4, -0.2) is 30.9 Å². The van der Waals surface area contributed by atoms with Crippen LogP contribution in [-0.2, 0) is 20.7 Å². The highest BCUT2D eigenvalue weighted by molar-refractivity contribution is 9.10. The third-order valence-electron chi connectivity index (χ3n) is 4.18. The summed E-state index contributed by atoms with van der Waals surface area (Å²) in [5, 5.41) is 3.13. The van der Waals surface area contributed by atoms with Gasteiger partial charge in [-0.3, -0.25) is 4.79 Å². The van der Waals surface area contributed by atoms with Gasteiger partial charge in [0.1, 0.15) is 0 Å². The van der Waals surface area contributed by atoms with Crippen LogP contribution in [0.5, 0.6) is 0 Å². The van der Waals surface area contributed by atoms with Gasteiger partial charge in [0.2, 0.25) is 5.91 Å². The van der Waals surface area contributed by atoms with Gasteiger partial charge in [-0.1, -0.05) is 28.1 Å². The summed E-state index contributed by atoms with van der Waals surface area (Å²) in [6.07, 6.45) is 4.01. The van der Waals surface area contributed by atoms with Gasteiger partial charge in [0, 0.05) is 23.4 Å². The molecular formula is C16H20BrNO3. The quantitative estimate of drug-likeness (QED) is 0.908. The maximum Gasteiger partial charge on any atom is 0.224 e. The maximum atomic E-state index is 12.1. The number of nitrogens with one attached hydrogen (secondary N) is 1. The van der Waals surface area contributed by atoms with Crippen LogP contribution in [0.15, 0.2) is 28.7 Å². The van der Waals surface area contributed by atoms with Gasteiger partial charge in [-0.25, -0.2) is 0 Å². The minimum Gasteiger partial charge on any atom is -0.353 e. The highest BCUT2D eigenvalue weighted by Crippen LogP contribution is 2.35. The molecule has 114 valence electrons. The third-order valence-corrected chi connectivity index (χ3v) is 4.67. The molecule has 1 aromatic carbocycles. The van der Waals surface area contributed by atoms with Gasteiger partial charge in [0.05, 0.1) is 19.6 Å². The first kappa shape index (κ1) is 15.0. The zero-order chi connectivity index (χ0) is 14.7. The molecule has 1 aliphatic carbocycles. The number of hydrogen-bond acceptors (Lipinski definition) is 3. The molecule has 1 heterocycles. The van der Waals surface area contributed by atoms with E-state index in [0.717, 1.165) is 35.7 Å². The number of ether oxygens (including phenoxy) is 2. The second-order valence-electron chi connectivity index (χ2n) is 5.76. The van der Waals surface area contributed by atoms with Gasteiger partial charge in [-0.05, 0) is 30.5 Å². The molecule has 2 aliphatic rings. The smallest absolute Gasteiger partial charge is 0.224 e. The zero-order valence-corrected chi connectivity index (χ0v) is 13.5. The van der Waals surface area contributed by atoms with Crippen molar-refractivity contribution in [3.63, 3.8) is 0 Å². The lowest BCUT2D eigenvalue weighted by Crippen LogP contribution is -2.44. The number of carbonyl (C=O) groups excluding carboxylic acids is 1. The molecule has 3 rings (SSSR count). The zero-order valence-electron chi connectivity index (χ0n) is 11.9. The van der Waals surface area contributed by atoms with Crippen LogP contribution in [0.25, 0.3) is 0 Å². The van der Waals surface area contributed by atoms with Crippen molar-refractivity contribution in [1.29, 1.82) is 0 Å². The van der Waals surface area contributed by atoms with Crippen molar-refractivity contribution in [2.75, 3.05) is 13.2 Å². The lowest BCUT2D eigenvalue weighted by molar-refractivity contribution is -0.180. The number of amides is 1. The Balaban J connectivity index is 1.47. The Morgan fingerprint density at radius 1 is 1.29 bits per heavy atom. The molecule has 0 bridgehead atoms. The first-order valence-electron chi connectivity index (χ1n) is 7.47. The van der Waals surface area contributed by atoms with Crippen LogP contribution >= 0.6 is 15.9 Å². The van der Waals surface area contributed by atoms with Crippen LogP contribution in [0, 0.1) is 0 Å². The molecule has 5 heteroatoms. The monoisotopic (exact) mass is 353 g/mol. The van der Waals surface area contributed by atoms with E-state index in [2.05, 4.69) is 21.2 Å². The molecule has 0 aromatic heterocycles. The molecule has 4 nitrogen and oxygen atoms in total. The highest BCUT2D eigenvalue weighted by Gasteiger charge is 2.40. The van der Waals surface area contributed by atoms with Crippen molar-refractivity contribution in [2.24, 2.45) is 0 Å². The van der Waals surface area contributed by atoms with E-state index in [-0.39, 0.29) is 17.7 Å². The fraction of sp³-hybridized carbons (Fsp3) is 0.562. The summed E-state index contributed by atoms with van der Waals surface area (Å²) >= 11 is 3.43. The average Bonchev–Trinajstić information content (AvgIpc) is 2.90. The van der Waals surface area contributed by atoms with E-state index < -0.39 is 0 Å². The number of halogens is 1. The molecule has 1 aromatic rings. The topological polar surface area (TPSA) is 47.6 Å². The highest BCUT2D eigenvalue weighted by atomic mass is 79.9. The molecule has 21 heavy (non-hydrogen) atoms. The molecule has 0 radical (unpaired) electrons. The Morgan fingerprint density at radius 2 is 2.00 bits per heavy atom. The second kappa shape index (κ2) is 6.46. The Labute approximate surface area is 133 Å². The summed E-state index contributed by atoms with van der Waals surface area (Å²) < 4.78 is 12.4. The first-order chi connectivity index (χ1) is 10.2. The van der Waals surface area contributed by atoms with E-state index in [1.54, 1.807) is 0 Å². The van der Waals surface area contributed by atoms with E-state index in [0.29, 0.717) is 19.6 Å². The Morgan fingerprint density at radius 3 is 2.67 bits per heavy atom. The number of rotatable bonds is 3. The summed E-state index contributed by atoms with van der Waals surface area (Å²) in [6, 6.07) is 8.11. The lowest BCUT2D eigenvalue weighted by atomic mass is 9.90. The van der Waals surface area contributed by atoms with Crippen molar-refractivity contribution in [3.05, 3.63) is 34.3 Å². The SMILES string of the molecule is O=C(Cc1cccc(Br)c1)NC1CCC2(CC1)OCCO2. The predicted octanol–water partition coefficient (Wildman–Crippen LogP) is 2.79. The van der Waals surface area contributed by atoms with Crippen molar-refractivity contribution >= 4 is 21.8 Å². The predicted molar refractivity (Wildman–Crippen MR) is 82.9 cm³/mol. The standard InChI is InChI=1S/C16H20BrNO3/c17-13-3-1-2-12(10-13)11-15(19)18-14-4-6-16(7-5-14)20-8-9-21-16/h1-3,10,14H,4-9,11H2,(H,18,19). The largest absolute Gasteiger partial charge is 0.353 e. The van der Waals surface area contributed by atoms with E-state index in [1.165, 1.54) is 0 Å². The molecule has 1 spiro atoms. The fourth-order valence-corrected chi connectivity index (χ4v) is 3.55. The number of hydrogen-bond donors (Lipinski definition) is 1. The van der Waals surface area contributed by atoms with Gasteiger partial charge in [-0.2, -0.15) is 0 Å². The first-order valence-corrected chi connectivity index (χ1v) is 8.26. The van der Waals surface area contributed by atoms with Gasteiger partial charge in [0.25, 0.3) is 0 Å². The number of benzene rings is 1. The Hall–Kier alpha value is -0.910. The minimum absolute atomic E-state index is 0.0855. The van der Waals surface area contributed by atoms with E-state index >= 15 is 0 Å². The normalized spacial score (nSPS) is 21.6. The van der Waals surface area contributed by atoms with E-state index in [9.17, 15) is 4.79 Å². The van der Waals surface area contributed by atoms with Crippen LogP contribution in [0.4, 0.5) is 0 Å². The van der Waals surface area contributed by atoms with Gasteiger partial charge in [-0.15, -0.1) is 0 Å². The second-order valence-corrected chi connectivity index (χ2v) is 6.67. The summed E-state index contributed by atoms with van der Waals surface area (Å²) in [5.41, 5.74) is 1.02. The molecule has 2 fully saturated rings. The van der Waals surface area contributed by atoms with E-state index in [4.69, 9.17) is 9.47 Å². The molecule has 1 N–H and O–H groups in total. The molecule has 1 aliphatic heterocycles. The summed E-state index contributed by atoms with van der Waals surface area (Å²) in [7, 11) is 0. The van der Waals surface area contributed by atoms with Crippen LogP contribution in [0.1, 0.15) is 31.2 Å². The molecule has 1 saturated carbocycles. The van der Waals surface area contributed by atoms with Crippen molar-refractivity contribution in [3.8, 4) is 0 Å². The van der Waals surface area contributed by atoms with Crippen LogP contribution < -0.4 is 5.32 Å². The van der Waals surface area contributed by atoms with Crippen LogP contribution in [0.2, 0.25) is 0 Å². The number of carbonyl (C=O) groups is 1. The summed E-state index contributed by atoms with van der Waals surface area (Å²) in [5.74, 6) is -0.270. The molecule has 0 atom stereocenters. The summed E-state index contributed by atoms with van der Waals surface area (Å²) in [4.78, 5) is 12.1. The minimum atomic E-state index is -0.356. The average molecular weight is 354 g/mol. The lowest BCUT2D eigenvalue weighted by Gasteiger charge is -2.35. The van der Waals surface area contributed by atoms with E-state index in [1.807, 2.05) is 24.3 Å². The maximum absolute atomic E-state index is 12.1. The van der Waals surface area contributed by atoms with Crippen LogP contribution in [0.3, 0.4) is 0 Å².